The summed E-state index contributed by atoms with van der Waals surface area (Å²) in [6.07, 6.45) is 1.47. The third kappa shape index (κ3) is 6.67. The van der Waals surface area contributed by atoms with Crippen LogP contribution in [0.2, 0.25) is 5.02 Å². The Hall–Kier alpha value is -1.45. The zero-order valence-electron chi connectivity index (χ0n) is 13.3. The largest absolute Gasteiger partial charge is 0.355 e. The van der Waals surface area contributed by atoms with Crippen molar-refractivity contribution in [1.29, 1.82) is 0 Å². The Balaban J connectivity index is 1.62. The van der Waals surface area contributed by atoms with Crippen LogP contribution in [0.5, 0.6) is 0 Å². The van der Waals surface area contributed by atoms with Crippen LogP contribution in [0.15, 0.2) is 48.5 Å². The topological polar surface area (TPSA) is 29.1 Å². The molecular formula is C19H22ClNOS. The summed E-state index contributed by atoms with van der Waals surface area (Å²) in [6.45, 7) is 2.82. The highest BCUT2D eigenvalue weighted by molar-refractivity contribution is 7.98. The Bertz CT molecular complexity index is 628. The van der Waals surface area contributed by atoms with E-state index >= 15 is 0 Å². The Morgan fingerprint density at radius 3 is 2.52 bits per heavy atom. The van der Waals surface area contributed by atoms with Gasteiger partial charge in [0.25, 0.3) is 0 Å². The lowest BCUT2D eigenvalue weighted by Gasteiger charge is -2.06. The number of aryl methyl sites for hydroxylation is 1. The summed E-state index contributed by atoms with van der Waals surface area (Å²) in [5, 5.41) is 3.74. The van der Waals surface area contributed by atoms with Crippen LogP contribution < -0.4 is 5.32 Å². The van der Waals surface area contributed by atoms with Crippen LogP contribution in [-0.4, -0.2) is 18.2 Å². The first-order chi connectivity index (χ1) is 11.2. The molecule has 0 aromatic heterocycles. The maximum absolute atomic E-state index is 11.9. The van der Waals surface area contributed by atoms with Gasteiger partial charge in [0.05, 0.1) is 6.42 Å². The van der Waals surface area contributed by atoms with E-state index in [1.54, 1.807) is 11.8 Å². The van der Waals surface area contributed by atoms with Crippen molar-refractivity contribution in [3.63, 3.8) is 0 Å². The molecule has 2 rings (SSSR count). The SMILES string of the molecule is CCc1ccc(CC(=O)NCCSCc2cccc(Cl)c2)cc1. The van der Waals surface area contributed by atoms with Gasteiger partial charge in [0.1, 0.15) is 0 Å². The number of rotatable bonds is 8. The lowest BCUT2D eigenvalue weighted by atomic mass is 10.1. The monoisotopic (exact) mass is 347 g/mol. The molecule has 0 unspecified atom stereocenters. The quantitative estimate of drug-likeness (QED) is 0.712. The number of hydrogen-bond donors (Lipinski definition) is 1. The van der Waals surface area contributed by atoms with Crippen molar-refractivity contribution in [3.8, 4) is 0 Å². The van der Waals surface area contributed by atoms with E-state index < -0.39 is 0 Å². The van der Waals surface area contributed by atoms with Gasteiger partial charge in [-0.3, -0.25) is 4.79 Å². The van der Waals surface area contributed by atoms with Crippen molar-refractivity contribution in [3.05, 3.63) is 70.2 Å². The van der Waals surface area contributed by atoms with Gasteiger partial charge >= 0.3 is 0 Å². The van der Waals surface area contributed by atoms with Gasteiger partial charge < -0.3 is 5.32 Å². The van der Waals surface area contributed by atoms with E-state index in [0.717, 1.165) is 28.5 Å². The maximum atomic E-state index is 11.9. The lowest BCUT2D eigenvalue weighted by molar-refractivity contribution is -0.120. The van der Waals surface area contributed by atoms with Crippen LogP contribution in [0.4, 0.5) is 0 Å². The molecule has 0 fully saturated rings. The van der Waals surface area contributed by atoms with Gasteiger partial charge in [-0.25, -0.2) is 0 Å². The fourth-order valence-electron chi connectivity index (χ4n) is 2.22. The van der Waals surface area contributed by atoms with Crippen LogP contribution >= 0.6 is 23.4 Å². The molecule has 1 N–H and O–H groups in total. The number of benzene rings is 2. The van der Waals surface area contributed by atoms with Gasteiger partial charge in [-0.05, 0) is 35.2 Å². The second-order valence-electron chi connectivity index (χ2n) is 5.38. The summed E-state index contributed by atoms with van der Waals surface area (Å²) in [4.78, 5) is 11.9. The molecule has 1 amide bonds. The summed E-state index contributed by atoms with van der Waals surface area (Å²) in [5.74, 6) is 1.89. The van der Waals surface area contributed by atoms with Crippen molar-refractivity contribution in [2.24, 2.45) is 0 Å². The molecule has 2 aromatic rings. The second kappa shape index (κ2) is 9.64. The van der Waals surface area contributed by atoms with Crippen LogP contribution in [-0.2, 0) is 23.4 Å². The molecule has 2 aromatic carbocycles. The summed E-state index contributed by atoms with van der Waals surface area (Å²) in [5.41, 5.74) is 3.57. The highest BCUT2D eigenvalue weighted by Crippen LogP contribution is 2.16. The average molecular weight is 348 g/mol. The minimum atomic E-state index is 0.0811. The van der Waals surface area contributed by atoms with E-state index in [0.29, 0.717) is 13.0 Å². The van der Waals surface area contributed by atoms with Gasteiger partial charge in [-0.15, -0.1) is 0 Å². The third-order valence-corrected chi connectivity index (χ3v) is 4.79. The number of carbonyl (C=O) groups is 1. The van der Waals surface area contributed by atoms with Crippen molar-refractivity contribution in [1.82, 2.24) is 5.32 Å². The van der Waals surface area contributed by atoms with Crippen molar-refractivity contribution < 1.29 is 4.79 Å². The molecule has 0 aliphatic heterocycles. The van der Waals surface area contributed by atoms with E-state index in [9.17, 15) is 4.79 Å². The zero-order chi connectivity index (χ0) is 16.5. The number of carbonyl (C=O) groups excluding carboxylic acids is 1. The van der Waals surface area contributed by atoms with Crippen molar-refractivity contribution >= 4 is 29.3 Å². The van der Waals surface area contributed by atoms with Crippen molar-refractivity contribution in [2.45, 2.75) is 25.5 Å². The van der Waals surface area contributed by atoms with Crippen LogP contribution in [0.25, 0.3) is 0 Å². The molecule has 0 aliphatic rings. The van der Waals surface area contributed by atoms with E-state index in [4.69, 9.17) is 11.6 Å². The summed E-state index contributed by atoms with van der Waals surface area (Å²) >= 11 is 7.75. The molecule has 122 valence electrons. The van der Waals surface area contributed by atoms with E-state index in [2.05, 4.69) is 30.4 Å². The van der Waals surface area contributed by atoms with Gasteiger partial charge in [0, 0.05) is 23.1 Å². The molecule has 0 heterocycles. The fraction of sp³-hybridized carbons (Fsp3) is 0.316. The molecule has 4 heteroatoms. The molecule has 0 bridgehead atoms. The molecule has 0 aliphatic carbocycles. The van der Waals surface area contributed by atoms with Gasteiger partial charge in [0.2, 0.25) is 5.91 Å². The standard InChI is InChI=1S/C19H22ClNOS/c1-2-15-6-8-16(9-7-15)13-19(22)21-10-11-23-14-17-4-3-5-18(20)12-17/h3-9,12H,2,10-11,13-14H2,1H3,(H,21,22). The number of hydrogen-bond acceptors (Lipinski definition) is 2. The maximum Gasteiger partial charge on any atom is 0.224 e. The van der Waals surface area contributed by atoms with Crippen LogP contribution in [0, 0.1) is 0 Å². The first-order valence-corrected chi connectivity index (χ1v) is 9.37. The van der Waals surface area contributed by atoms with Gasteiger partial charge in [0.15, 0.2) is 0 Å². The summed E-state index contributed by atoms with van der Waals surface area (Å²) in [7, 11) is 0. The summed E-state index contributed by atoms with van der Waals surface area (Å²) in [6, 6.07) is 16.1. The minimum Gasteiger partial charge on any atom is -0.355 e. The number of nitrogens with one attached hydrogen (secondary N) is 1. The van der Waals surface area contributed by atoms with E-state index in [1.807, 2.05) is 30.3 Å². The number of thioether (sulfide) groups is 1. The smallest absolute Gasteiger partial charge is 0.224 e. The third-order valence-electron chi connectivity index (χ3n) is 3.52. The van der Waals surface area contributed by atoms with Crippen molar-refractivity contribution in [2.75, 3.05) is 12.3 Å². The Kier molecular flexibility index (Phi) is 7.50. The normalized spacial score (nSPS) is 10.5. The molecule has 0 atom stereocenters. The predicted molar refractivity (Wildman–Crippen MR) is 100 cm³/mol. The molecule has 0 spiro atoms. The zero-order valence-corrected chi connectivity index (χ0v) is 14.9. The molecular weight excluding hydrogens is 326 g/mol. The van der Waals surface area contributed by atoms with Gasteiger partial charge in [-0.2, -0.15) is 11.8 Å². The first kappa shape index (κ1) is 17.9. The number of halogens is 1. The molecule has 0 saturated heterocycles. The predicted octanol–water partition coefficient (Wildman–Crippen LogP) is 4.49. The Morgan fingerprint density at radius 1 is 1.09 bits per heavy atom. The van der Waals surface area contributed by atoms with Crippen LogP contribution in [0.3, 0.4) is 0 Å². The number of amides is 1. The molecule has 0 saturated carbocycles. The van der Waals surface area contributed by atoms with Gasteiger partial charge in [-0.1, -0.05) is 54.9 Å². The first-order valence-electron chi connectivity index (χ1n) is 7.84. The second-order valence-corrected chi connectivity index (χ2v) is 6.92. The lowest BCUT2D eigenvalue weighted by Crippen LogP contribution is -2.27. The molecule has 0 radical (unpaired) electrons. The Labute approximate surface area is 147 Å². The fourth-order valence-corrected chi connectivity index (χ4v) is 3.24. The molecule has 23 heavy (non-hydrogen) atoms. The molecule has 2 nitrogen and oxygen atoms in total. The highest BCUT2D eigenvalue weighted by atomic mass is 35.5. The average Bonchev–Trinajstić information content (AvgIpc) is 2.55. The minimum absolute atomic E-state index is 0.0811. The van der Waals surface area contributed by atoms with Crippen LogP contribution in [0.1, 0.15) is 23.6 Å². The van der Waals surface area contributed by atoms with E-state index in [1.165, 1.54) is 11.1 Å². The Morgan fingerprint density at radius 2 is 1.83 bits per heavy atom. The highest BCUT2D eigenvalue weighted by Gasteiger charge is 2.03. The van der Waals surface area contributed by atoms with E-state index in [-0.39, 0.29) is 5.91 Å². The summed E-state index contributed by atoms with van der Waals surface area (Å²) < 4.78 is 0.